The number of rotatable bonds is 6. The van der Waals surface area contributed by atoms with Gasteiger partial charge in [-0.3, -0.25) is 4.79 Å². The molecule has 2 atom stereocenters. The Labute approximate surface area is 158 Å². The molecule has 134 valence electrons. The lowest BCUT2D eigenvalue weighted by Gasteiger charge is -2.22. The van der Waals surface area contributed by atoms with E-state index in [1.807, 2.05) is 33.0 Å². The summed E-state index contributed by atoms with van der Waals surface area (Å²) in [5, 5.41) is 3.82. The molecule has 2 aromatic carbocycles. The zero-order chi connectivity index (χ0) is 18.6. The van der Waals surface area contributed by atoms with Gasteiger partial charge in [0.25, 0.3) is 5.91 Å². The predicted octanol–water partition coefficient (Wildman–Crippen LogP) is 3.35. The first-order valence-corrected chi connectivity index (χ1v) is 8.79. The normalized spacial score (nSPS) is 13.2. The minimum Gasteiger partial charge on any atom is -0.496 e. The first-order valence-electron chi connectivity index (χ1n) is 8.03. The topological polar surface area (TPSA) is 42.8 Å². The van der Waals surface area contributed by atoms with Gasteiger partial charge in [-0.15, -0.1) is 0 Å². The third-order valence-corrected chi connectivity index (χ3v) is 4.77. The number of carbonyl (C=O) groups excluding carboxylic acids is 1. The van der Waals surface area contributed by atoms with Crippen molar-refractivity contribution >= 4 is 34.8 Å². The van der Waals surface area contributed by atoms with Crippen LogP contribution in [0.5, 0.6) is 5.75 Å². The maximum absolute atomic E-state index is 12.5. The number of benzene rings is 2. The molecule has 0 radical (unpaired) electrons. The fraction of sp³-hybridized carbons (Fsp3) is 0.316. The molecule has 0 aliphatic rings. The van der Waals surface area contributed by atoms with Crippen LogP contribution in [0.25, 0.3) is 0 Å². The highest BCUT2D eigenvalue weighted by Gasteiger charge is 2.23. The molecule has 1 unspecified atom stereocenters. The number of ether oxygens (including phenoxy) is 1. The third-order valence-electron chi connectivity index (χ3n) is 4.23. The number of likely N-dealkylation sites (N-methyl/N-ethyl adjacent to an activating group) is 1. The number of aryl methyl sites for hydroxylation is 1. The van der Waals surface area contributed by atoms with Crippen molar-refractivity contribution in [3.63, 3.8) is 0 Å². The van der Waals surface area contributed by atoms with Crippen LogP contribution in [0.1, 0.15) is 18.1 Å². The Morgan fingerprint density at radius 3 is 2.60 bits per heavy atom. The number of halogens is 2. The number of carbonyl (C=O) groups is 1. The van der Waals surface area contributed by atoms with E-state index < -0.39 is 0 Å². The number of quaternary nitrogens is 1. The molecule has 0 saturated heterocycles. The van der Waals surface area contributed by atoms with E-state index in [2.05, 4.69) is 11.4 Å². The fourth-order valence-electron chi connectivity index (χ4n) is 2.55. The number of hydrogen-bond acceptors (Lipinski definition) is 2. The summed E-state index contributed by atoms with van der Waals surface area (Å²) in [4.78, 5) is 13.6. The quantitative estimate of drug-likeness (QED) is 0.805. The van der Waals surface area contributed by atoms with E-state index in [0.717, 1.165) is 21.8 Å². The summed E-state index contributed by atoms with van der Waals surface area (Å²) in [6.45, 7) is 4.60. The minimum absolute atomic E-state index is 0.103. The molecule has 0 heterocycles. The number of anilines is 1. The zero-order valence-electron chi connectivity index (χ0n) is 14.8. The minimum atomic E-state index is -0.267. The summed E-state index contributed by atoms with van der Waals surface area (Å²) in [6, 6.07) is 10.8. The Balaban J connectivity index is 2.07. The highest BCUT2D eigenvalue weighted by molar-refractivity contribution is 6.36. The summed E-state index contributed by atoms with van der Waals surface area (Å²) >= 11 is 12.0. The highest BCUT2D eigenvalue weighted by Crippen LogP contribution is 2.25. The van der Waals surface area contributed by atoms with Gasteiger partial charge in [0, 0.05) is 10.6 Å². The molecule has 0 spiro atoms. The maximum Gasteiger partial charge on any atom is 0.282 e. The van der Waals surface area contributed by atoms with Crippen LogP contribution in [-0.4, -0.2) is 26.1 Å². The lowest BCUT2D eigenvalue weighted by Crippen LogP contribution is -3.12. The van der Waals surface area contributed by atoms with Crippen LogP contribution in [0.2, 0.25) is 10.0 Å². The summed E-state index contributed by atoms with van der Waals surface area (Å²) in [6.07, 6.45) is 0. The van der Waals surface area contributed by atoms with Crippen molar-refractivity contribution in [2.75, 3.05) is 19.5 Å². The second-order valence-electron chi connectivity index (χ2n) is 6.17. The van der Waals surface area contributed by atoms with Crippen LogP contribution in [0.3, 0.4) is 0 Å². The third kappa shape index (κ3) is 5.11. The first-order chi connectivity index (χ1) is 11.8. The van der Waals surface area contributed by atoms with E-state index in [4.69, 9.17) is 27.9 Å². The molecule has 0 fully saturated rings. The molecular formula is C19H23Cl2N2O2+. The molecule has 0 bridgehead atoms. The summed E-state index contributed by atoms with van der Waals surface area (Å²) in [7, 11) is 3.64. The van der Waals surface area contributed by atoms with Gasteiger partial charge in [-0.05, 0) is 44.2 Å². The van der Waals surface area contributed by atoms with Crippen molar-refractivity contribution in [2.45, 2.75) is 26.4 Å². The van der Waals surface area contributed by atoms with E-state index in [1.165, 1.54) is 0 Å². The van der Waals surface area contributed by atoms with Gasteiger partial charge >= 0.3 is 0 Å². The van der Waals surface area contributed by atoms with Crippen molar-refractivity contribution in [2.24, 2.45) is 0 Å². The van der Waals surface area contributed by atoms with Crippen LogP contribution in [-0.2, 0) is 11.3 Å². The van der Waals surface area contributed by atoms with E-state index in [0.29, 0.717) is 22.3 Å². The number of amides is 1. The first kappa shape index (κ1) is 19.6. The molecule has 2 aromatic rings. The smallest absolute Gasteiger partial charge is 0.282 e. The van der Waals surface area contributed by atoms with E-state index in [9.17, 15) is 4.79 Å². The zero-order valence-corrected chi connectivity index (χ0v) is 16.3. The van der Waals surface area contributed by atoms with Gasteiger partial charge in [0.15, 0.2) is 6.04 Å². The van der Waals surface area contributed by atoms with Crippen molar-refractivity contribution in [3.8, 4) is 5.75 Å². The molecule has 4 nitrogen and oxygen atoms in total. The van der Waals surface area contributed by atoms with Crippen LogP contribution < -0.4 is 15.0 Å². The Morgan fingerprint density at radius 1 is 1.24 bits per heavy atom. The van der Waals surface area contributed by atoms with Gasteiger partial charge in [0.1, 0.15) is 12.3 Å². The predicted molar refractivity (Wildman–Crippen MR) is 103 cm³/mol. The molecule has 2 rings (SSSR count). The van der Waals surface area contributed by atoms with Crippen LogP contribution >= 0.6 is 23.2 Å². The second kappa shape index (κ2) is 8.56. The Morgan fingerprint density at radius 2 is 1.96 bits per heavy atom. The SMILES string of the molecule is COc1ccc(C)cc1C[NH+](C)[C@@H](C)C(=O)Nc1ccc(Cl)cc1Cl. The number of hydrogen-bond donors (Lipinski definition) is 2. The molecule has 0 aromatic heterocycles. The van der Waals surface area contributed by atoms with Gasteiger partial charge in [-0.2, -0.15) is 0 Å². The molecule has 0 aliphatic heterocycles. The van der Waals surface area contributed by atoms with E-state index in [-0.39, 0.29) is 11.9 Å². The Kier molecular flexibility index (Phi) is 6.71. The highest BCUT2D eigenvalue weighted by atomic mass is 35.5. The largest absolute Gasteiger partial charge is 0.496 e. The van der Waals surface area contributed by atoms with Crippen LogP contribution in [0.15, 0.2) is 36.4 Å². The Bertz CT molecular complexity index is 765. The second-order valence-corrected chi connectivity index (χ2v) is 7.02. The summed E-state index contributed by atoms with van der Waals surface area (Å²) < 4.78 is 5.42. The molecule has 6 heteroatoms. The molecular weight excluding hydrogens is 359 g/mol. The van der Waals surface area contributed by atoms with E-state index in [1.54, 1.807) is 25.3 Å². The maximum atomic E-state index is 12.5. The lowest BCUT2D eigenvalue weighted by molar-refractivity contribution is -0.907. The van der Waals surface area contributed by atoms with Crippen molar-refractivity contribution in [1.29, 1.82) is 0 Å². The van der Waals surface area contributed by atoms with Crippen LogP contribution in [0, 0.1) is 6.92 Å². The van der Waals surface area contributed by atoms with Gasteiger partial charge < -0.3 is 15.0 Å². The van der Waals surface area contributed by atoms with Crippen molar-refractivity contribution < 1.29 is 14.4 Å². The van der Waals surface area contributed by atoms with Crippen molar-refractivity contribution in [1.82, 2.24) is 0 Å². The number of nitrogens with one attached hydrogen (secondary N) is 2. The summed E-state index contributed by atoms with van der Waals surface area (Å²) in [5.74, 6) is 0.728. The van der Waals surface area contributed by atoms with Gasteiger partial charge in [-0.1, -0.05) is 34.8 Å². The summed E-state index contributed by atoms with van der Waals surface area (Å²) in [5.41, 5.74) is 2.79. The van der Waals surface area contributed by atoms with Gasteiger partial charge in [0.05, 0.1) is 24.9 Å². The molecule has 0 aliphatic carbocycles. The average molecular weight is 382 g/mol. The molecule has 2 N–H and O–H groups in total. The standard InChI is InChI=1S/C19H22Cl2N2O2/c1-12-5-8-18(25-4)14(9-12)11-23(3)13(2)19(24)22-17-7-6-15(20)10-16(17)21/h5-10,13H,11H2,1-4H3,(H,22,24)/p+1/t13-/m0/s1. The molecule has 25 heavy (non-hydrogen) atoms. The fourth-order valence-corrected chi connectivity index (χ4v) is 3.01. The molecule has 0 saturated carbocycles. The van der Waals surface area contributed by atoms with Crippen molar-refractivity contribution in [3.05, 3.63) is 57.6 Å². The van der Waals surface area contributed by atoms with Gasteiger partial charge in [0.2, 0.25) is 0 Å². The lowest BCUT2D eigenvalue weighted by atomic mass is 10.1. The number of methoxy groups -OCH3 is 1. The average Bonchev–Trinajstić information content (AvgIpc) is 2.56. The van der Waals surface area contributed by atoms with Gasteiger partial charge in [-0.25, -0.2) is 0 Å². The molecule has 1 amide bonds. The van der Waals surface area contributed by atoms with Crippen LogP contribution in [0.4, 0.5) is 5.69 Å². The monoisotopic (exact) mass is 381 g/mol. The van der Waals surface area contributed by atoms with E-state index >= 15 is 0 Å². The Hall–Kier alpha value is -1.75.